The highest BCUT2D eigenvalue weighted by atomic mass is 79.9. The molecule has 0 bridgehead atoms. The molecular weight excluding hydrogens is 320 g/mol. The minimum absolute atomic E-state index is 0.712. The van der Waals surface area contributed by atoms with Gasteiger partial charge in [0, 0.05) is 25.5 Å². The SMILES string of the molecule is COc1cc(CNCc2cccnc2)cc(Br)c1OC. The first-order chi connectivity index (χ1) is 9.74. The molecule has 2 rings (SSSR count). The van der Waals surface area contributed by atoms with E-state index in [-0.39, 0.29) is 0 Å². The van der Waals surface area contributed by atoms with Crippen LogP contribution in [0.2, 0.25) is 0 Å². The molecule has 0 aliphatic carbocycles. The van der Waals surface area contributed by atoms with Gasteiger partial charge in [-0.3, -0.25) is 4.98 Å². The van der Waals surface area contributed by atoms with Crippen LogP contribution in [0.25, 0.3) is 0 Å². The molecule has 0 amide bonds. The van der Waals surface area contributed by atoms with Gasteiger partial charge in [-0.15, -0.1) is 0 Å². The van der Waals surface area contributed by atoms with Gasteiger partial charge in [-0.2, -0.15) is 0 Å². The molecular formula is C15H17BrN2O2. The fraction of sp³-hybridized carbons (Fsp3) is 0.267. The van der Waals surface area contributed by atoms with E-state index in [2.05, 4.69) is 26.2 Å². The average Bonchev–Trinajstić information content (AvgIpc) is 2.47. The second kappa shape index (κ2) is 7.26. The molecule has 4 nitrogen and oxygen atoms in total. The van der Waals surface area contributed by atoms with Crippen LogP contribution >= 0.6 is 15.9 Å². The molecule has 1 heterocycles. The van der Waals surface area contributed by atoms with Gasteiger partial charge in [-0.25, -0.2) is 0 Å². The summed E-state index contributed by atoms with van der Waals surface area (Å²) in [6, 6.07) is 7.98. The lowest BCUT2D eigenvalue weighted by atomic mass is 10.2. The Bertz CT molecular complexity index is 561. The molecule has 0 radical (unpaired) electrons. The van der Waals surface area contributed by atoms with Gasteiger partial charge >= 0.3 is 0 Å². The molecule has 5 heteroatoms. The van der Waals surface area contributed by atoms with Crippen LogP contribution in [0.1, 0.15) is 11.1 Å². The molecule has 1 aromatic carbocycles. The van der Waals surface area contributed by atoms with E-state index in [4.69, 9.17) is 9.47 Å². The first-order valence-electron chi connectivity index (χ1n) is 6.24. The standard InChI is InChI=1S/C15H17BrN2O2/c1-19-14-7-12(6-13(16)15(14)20-2)10-18-9-11-4-3-5-17-8-11/h3-8,18H,9-10H2,1-2H3. The van der Waals surface area contributed by atoms with Crippen molar-refractivity contribution >= 4 is 15.9 Å². The second-order valence-electron chi connectivity index (χ2n) is 4.28. The van der Waals surface area contributed by atoms with Gasteiger partial charge in [0.15, 0.2) is 11.5 Å². The van der Waals surface area contributed by atoms with Gasteiger partial charge in [-0.05, 0) is 45.3 Å². The molecule has 0 aliphatic heterocycles. The Morgan fingerprint density at radius 2 is 1.95 bits per heavy atom. The third kappa shape index (κ3) is 3.71. The van der Waals surface area contributed by atoms with Gasteiger partial charge in [0.1, 0.15) is 0 Å². The van der Waals surface area contributed by atoms with Gasteiger partial charge in [0.2, 0.25) is 0 Å². The second-order valence-corrected chi connectivity index (χ2v) is 5.13. The number of ether oxygens (including phenoxy) is 2. The van der Waals surface area contributed by atoms with Gasteiger partial charge in [-0.1, -0.05) is 6.07 Å². The van der Waals surface area contributed by atoms with E-state index in [1.807, 2.05) is 30.5 Å². The fourth-order valence-corrected chi connectivity index (χ4v) is 2.58. The summed E-state index contributed by atoms with van der Waals surface area (Å²) in [5, 5.41) is 3.38. The summed E-state index contributed by atoms with van der Waals surface area (Å²) in [5.41, 5.74) is 2.28. The summed E-state index contributed by atoms with van der Waals surface area (Å²) in [6.45, 7) is 1.52. The first kappa shape index (κ1) is 14.8. The van der Waals surface area contributed by atoms with E-state index in [9.17, 15) is 0 Å². The smallest absolute Gasteiger partial charge is 0.174 e. The van der Waals surface area contributed by atoms with E-state index < -0.39 is 0 Å². The average molecular weight is 337 g/mol. The van der Waals surface area contributed by atoms with Crippen LogP contribution in [0.4, 0.5) is 0 Å². The summed E-state index contributed by atoms with van der Waals surface area (Å²) < 4.78 is 11.5. The highest BCUT2D eigenvalue weighted by molar-refractivity contribution is 9.10. The number of halogens is 1. The van der Waals surface area contributed by atoms with E-state index in [0.29, 0.717) is 5.75 Å². The van der Waals surface area contributed by atoms with Crippen LogP contribution in [0.3, 0.4) is 0 Å². The van der Waals surface area contributed by atoms with Crippen molar-refractivity contribution in [2.75, 3.05) is 14.2 Å². The van der Waals surface area contributed by atoms with Crippen LogP contribution < -0.4 is 14.8 Å². The quantitative estimate of drug-likeness (QED) is 0.879. The molecule has 20 heavy (non-hydrogen) atoms. The van der Waals surface area contributed by atoms with E-state index in [0.717, 1.165) is 34.4 Å². The molecule has 1 aromatic heterocycles. The number of nitrogens with one attached hydrogen (secondary N) is 1. The highest BCUT2D eigenvalue weighted by Gasteiger charge is 2.10. The third-order valence-corrected chi connectivity index (χ3v) is 3.46. The van der Waals surface area contributed by atoms with Crippen LogP contribution in [-0.4, -0.2) is 19.2 Å². The van der Waals surface area contributed by atoms with Crippen molar-refractivity contribution < 1.29 is 9.47 Å². The minimum Gasteiger partial charge on any atom is -0.493 e. The van der Waals surface area contributed by atoms with Gasteiger partial charge in [0.25, 0.3) is 0 Å². The Hall–Kier alpha value is -1.59. The number of benzene rings is 1. The number of aromatic nitrogens is 1. The molecule has 106 valence electrons. The minimum atomic E-state index is 0.712. The lowest BCUT2D eigenvalue weighted by molar-refractivity contribution is 0.352. The zero-order chi connectivity index (χ0) is 14.4. The summed E-state index contributed by atoms with van der Waals surface area (Å²) >= 11 is 3.49. The molecule has 2 aromatic rings. The van der Waals surface area contributed by atoms with Crippen molar-refractivity contribution in [3.63, 3.8) is 0 Å². The monoisotopic (exact) mass is 336 g/mol. The maximum absolute atomic E-state index is 5.33. The Kier molecular flexibility index (Phi) is 5.38. The lowest BCUT2D eigenvalue weighted by Gasteiger charge is -2.12. The van der Waals surface area contributed by atoms with E-state index in [1.54, 1.807) is 20.4 Å². The topological polar surface area (TPSA) is 43.4 Å². The molecule has 0 saturated heterocycles. The predicted molar refractivity (Wildman–Crippen MR) is 82.0 cm³/mol. The van der Waals surface area contributed by atoms with Crippen molar-refractivity contribution in [2.24, 2.45) is 0 Å². The lowest BCUT2D eigenvalue weighted by Crippen LogP contribution is -2.13. The summed E-state index contributed by atoms with van der Waals surface area (Å²) in [4.78, 5) is 4.09. The molecule has 0 aliphatic rings. The number of nitrogens with zero attached hydrogens (tertiary/aromatic N) is 1. The number of methoxy groups -OCH3 is 2. The van der Waals surface area contributed by atoms with Crippen molar-refractivity contribution in [3.05, 3.63) is 52.3 Å². The maximum Gasteiger partial charge on any atom is 0.174 e. The zero-order valence-corrected chi connectivity index (χ0v) is 13.1. The van der Waals surface area contributed by atoms with Crippen LogP contribution in [0.15, 0.2) is 41.1 Å². The summed E-state index contributed by atoms with van der Waals surface area (Å²) in [6.07, 6.45) is 3.63. The molecule has 0 spiro atoms. The van der Waals surface area contributed by atoms with E-state index in [1.165, 1.54) is 0 Å². The fourth-order valence-electron chi connectivity index (χ4n) is 1.93. The summed E-state index contributed by atoms with van der Waals surface area (Å²) in [5.74, 6) is 1.43. The van der Waals surface area contributed by atoms with E-state index >= 15 is 0 Å². The van der Waals surface area contributed by atoms with Crippen molar-refractivity contribution in [3.8, 4) is 11.5 Å². The number of hydrogen-bond acceptors (Lipinski definition) is 4. The van der Waals surface area contributed by atoms with Crippen molar-refractivity contribution in [2.45, 2.75) is 13.1 Å². The Morgan fingerprint density at radius 1 is 1.15 bits per heavy atom. The maximum atomic E-state index is 5.33. The highest BCUT2D eigenvalue weighted by Crippen LogP contribution is 2.36. The number of hydrogen-bond donors (Lipinski definition) is 1. The number of pyridine rings is 1. The van der Waals surface area contributed by atoms with Crippen molar-refractivity contribution in [1.29, 1.82) is 0 Å². The van der Waals surface area contributed by atoms with Crippen LogP contribution in [0, 0.1) is 0 Å². The molecule has 0 saturated carbocycles. The summed E-state index contributed by atoms with van der Waals surface area (Å²) in [7, 11) is 3.26. The van der Waals surface area contributed by atoms with Crippen LogP contribution in [-0.2, 0) is 13.1 Å². The Labute approximate surface area is 127 Å². The molecule has 0 atom stereocenters. The number of rotatable bonds is 6. The Balaban J connectivity index is 2.01. The Morgan fingerprint density at radius 3 is 2.60 bits per heavy atom. The zero-order valence-electron chi connectivity index (χ0n) is 11.5. The largest absolute Gasteiger partial charge is 0.493 e. The van der Waals surface area contributed by atoms with Gasteiger partial charge < -0.3 is 14.8 Å². The van der Waals surface area contributed by atoms with Gasteiger partial charge in [0.05, 0.1) is 18.7 Å². The molecule has 0 unspecified atom stereocenters. The van der Waals surface area contributed by atoms with Crippen LogP contribution in [0.5, 0.6) is 11.5 Å². The van der Waals surface area contributed by atoms with Crippen molar-refractivity contribution in [1.82, 2.24) is 10.3 Å². The molecule has 0 fully saturated rings. The third-order valence-electron chi connectivity index (χ3n) is 2.87. The normalized spacial score (nSPS) is 10.3. The predicted octanol–water partition coefficient (Wildman–Crippen LogP) is 3.15. The first-order valence-corrected chi connectivity index (χ1v) is 7.04. The molecule has 1 N–H and O–H groups in total.